The summed E-state index contributed by atoms with van der Waals surface area (Å²) in [7, 11) is -0.656. The number of guanidine groups is 1. The van der Waals surface area contributed by atoms with Crippen LogP contribution < -0.4 is 14.7 Å². The van der Waals surface area contributed by atoms with Crippen LogP contribution in [-0.2, 0) is 38.2 Å². The first-order valence-corrected chi connectivity index (χ1v) is 13.5. The molecule has 9 nitrogen and oxygen atoms in total. The first-order valence-electron chi connectivity index (χ1n) is 11.6. The third-order valence-electron chi connectivity index (χ3n) is 6.61. The highest BCUT2D eigenvalue weighted by molar-refractivity contribution is 7.86. The molecule has 3 aromatic rings. The van der Waals surface area contributed by atoms with Crippen molar-refractivity contribution in [2.75, 3.05) is 27.0 Å². The predicted octanol–water partition coefficient (Wildman–Crippen LogP) is 2.80. The van der Waals surface area contributed by atoms with E-state index in [2.05, 4.69) is 0 Å². The van der Waals surface area contributed by atoms with E-state index < -0.39 is 15.7 Å². The van der Waals surface area contributed by atoms with Gasteiger partial charge in [-0.2, -0.15) is 8.42 Å². The number of hydrogen-bond acceptors (Lipinski definition) is 8. The van der Waals surface area contributed by atoms with E-state index >= 15 is 0 Å². The zero-order chi connectivity index (χ0) is 26.4. The Morgan fingerprint density at radius 1 is 1.00 bits per heavy atom. The van der Waals surface area contributed by atoms with Crippen molar-refractivity contribution in [2.24, 2.45) is 10.7 Å². The zero-order valence-electron chi connectivity index (χ0n) is 20.7. The maximum Gasteiger partial charge on any atom is 0.306 e. The minimum absolute atomic E-state index is 0.116. The quantitative estimate of drug-likeness (QED) is 0.495. The van der Waals surface area contributed by atoms with Gasteiger partial charge in [-0.25, -0.2) is 4.99 Å². The van der Waals surface area contributed by atoms with Crippen molar-refractivity contribution in [3.8, 4) is 22.6 Å². The highest BCUT2D eigenvalue weighted by atomic mass is 32.2. The number of carbonyl (C=O) groups is 1. The van der Waals surface area contributed by atoms with Crippen LogP contribution in [0, 0.1) is 0 Å². The Morgan fingerprint density at radius 2 is 1.76 bits per heavy atom. The zero-order valence-corrected chi connectivity index (χ0v) is 21.5. The number of likely N-dealkylation sites (N-methyl/N-ethyl adjacent to an activating group) is 1. The molecule has 0 bridgehead atoms. The lowest BCUT2D eigenvalue weighted by molar-refractivity contribution is -0.129. The largest absolute Gasteiger partial charge is 0.497 e. The maximum atomic E-state index is 13.8. The highest BCUT2D eigenvalue weighted by Crippen LogP contribution is 2.42. The van der Waals surface area contributed by atoms with Crippen molar-refractivity contribution in [1.82, 2.24) is 4.90 Å². The number of carbonyl (C=O) groups excluding carboxylic acids is 1. The summed E-state index contributed by atoms with van der Waals surface area (Å²) >= 11 is 0. The van der Waals surface area contributed by atoms with E-state index in [9.17, 15) is 13.2 Å². The van der Waals surface area contributed by atoms with Crippen LogP contribution in [0.3, 0.4) is 0 Å². The number of aliphatic imine (C=N–C) groups is 1. The predicted molar refractivity (Wildman–Crippen MR) is 139 cm³/mol. The number of nitrogens with two attached hydrogens (primary N) is 1. The molecule has 0 spiro atoms. The second kappa shape index (κ2) is 9.20. The van der Waals surface area contributed by atoms with Crippen molar-refractivity contribution in [2.45, 2.75) is 18.6 Å². The summed E-state index contributed by atoms with van der Waals surface area (Å²) in [5.41, 5.74) is 9.65. The lowest BCUT2D eigenvalue weighted by Crippen LogP contribution is -2.41. The lowest BCUT2D eigenvalue weighted by atomic mass is 9.80. The third-order valence-corrected chi connectivity index (χ3v) is 7.11. The summed E-state index contributed by atoms with van der Waals surface area (Å²) in [5, 5.41) is 0. The summed E-state index contributed by atoms with van der Waals surface area (Å²) in [5.74, 6) is 0.385. The summed E-state index contributed by atoms with van der Waals surface area (Å²) in [6.45, 7) is 1.13. The molecule has 0 aromatic heterocycles. The maximum absolute atomic E-state index is 13.8. The minimum Gasteiger partial charge on any atom is -0.497 e. The fourth-order valence-corrected chi connectivity index (χ4v) is 5.23. The van der Waals surface area contributed by atoms with Crippen LogP contribution in [0.5, 0.6) is 11.5 Å². The number of nitrogens with zero attached hydrogens (tertiary/aromatic N) is 2. The van der Waals surface area contributed by atoms with E-state index in [-0.39, 0.29) is 17.6 Å². The summed E-state index contributed by atoms with van der Waals surface area (Å²) in [4.78, 5) is 19.8. The Kier molecular flexibility index (Phi) is 6.17. The van der Waals surface area contributed by atoms with Gasteiger partial charge in [-0.15, -0.1) is 0 Å². The van der Waals surface area contributed by atoms with Crippen molar-refractivity contribution in [3.63, 3.8) is 0 Å². The van der Waals surface area contributed by atoms with E-state index in [0.717, 1.165) is 18.2 Å². The molecule has 2 aliphatic rings. The van der Waals surface area contributed by atoms with Gasteiger partial charge in [0.15, 0.2) is 11.5 Å². The van der Waals surface area contributed by atoms with Gasteiger partial charge < -0.3 is 19.4 Å². The van der Waals surface area contributed by atoms with Gasteiger partial charge in [-0.1, -0.05) is 30.3 Å². The van der Waals surface area contributed by atoms with Gasteiger partial charge in [0.05, 0.1) is 26.6 Å². The van der Waals surface area contributed by atoms with Gasteiger partial charge in [-0.3, -0.25) is 9.69 Å². The molecule has 192 valence electrons. The van der Waals surface area contributed by atoms with E-state index in [4.69, 9.17) is 24.4 Å². The second-order valence-corrected chi connectivity index (χ2v) is 10.7. The van der Waals surface area contributed by atoms with E-state index in [1.54, 1.807) is 19.2 Å². The van der Waals surface area contributed by atoms with Crippen molar-refractivity contribution in [1.29, 1.82) is 0 Å². The average Bonchev–Trinajstić information content (AvgIpc) is 3.12. The van der Waals surface area contributed by atoms with Crippen LogP contribution in [0.4, 0.5) is 0 Å². The second-order valence-electron chi connectivity index (χ2n) is 9.10. The summed E-state index contributed by atoms with van der Waals surface area (Å²) < 4.78 is 39.6. The van der Waals surface area contributed by atoms with E-state index in [1.807, 2.05) is 42.5 Å². The molecule has 5 rings (SSSR count). The number of rotatable bonds is 6. The molecular formula is C27H27N3O6S. The van der Waals surface area contributed by atoms with Gasteiger partial charge in [0.25, 0.3) is 5.91 Å². The van der Waals surface area contributed by atoms with Crippen LogP contribution in [0.25, 0.3) is 11.1 Å². The highest BCUT2D eigenvalue weighted by Gasteiger charge is 2.49. The molecule has 0 aliphatic carbocycles. The molecule has 0 fully saturated rings. The van der Waals surface area contributed by atoms with E-state index in [1.165, 1.54) is 23.6 Å². The fraction of sp³-hybridized carbons (Fsp3) is 0.259. The number of methoxy groups -OCH3 is 1. The smallest absolute Gasteiger partial charge is 0.306 e. The Balaban J connectivity index is 1.67. The molecule has 10 heteroatoms. The van der Waals surface area contributed by atoms with Crippen LogP contribution in [0.15, 0.2) is 65.7 Å². The standard InChI is InChI=1S/C27H27N3O6S/c1-30-25(31)27(29-26(30)28,22-8-7-17-9-10-35-16-20(17)12-22)21-6-4-5-18(11-21)19-13-23(34-2)15-24(14-19)36-37(3,32)33/h4-8,11-15H,9-10,16H2,1-3H3,(H2,28,29). The fourth-order valence-electron chi connectivity index (χ4n) is 4.78. The van der Waals surface area contributed by atoms with Crippen molar-refractivity contribution >= 4 is 22.0 Å². The minimum atomic E-state index is -3.74. The number of benzene rings is 3. The normalized spacial score (nSPS) is 19.4. The van der Waals surface area contributed by atoms with Crippen LogP contribution in [0.1, 0.15) is 22.3 Å². The molecular weight excluding hydrogens is 494 g/mol. The van der Waals surface area contributed by atoms with Crippen molar-refractivity contribution < 1.29 is 26.9 Å². The first kappa shape index (κ1) is 24.8. The van der Waals surface area contributed by atoms with Crippen LogP contribution >= 0.6 is 0 Å². The molecule has 1 atom stereocenters. The molecule has 0 saturated carbocycles. The van der Waals surface area contributed by atoms with Crippen LogP contribution in [-0.4, -0.2) is 52.2 Å². The SMILES string of the molecule is COc1cc(OS(C)(=O)=O)cc(-c2cccc(C3(c4ccc5c(c4)COCC5)N=C(N)N(C)C3=O)c2)c1. The van der Waals surface area contributed by atoms with Gasteiger partial charge in [0.1, 0.15) is 11.5 Å². The number of amides is 1. The molecule has 0 saturated heterocycles. The molecule has 0 radical (unpaired) electrons. The molecule has 2 aliphatic heterocycles. The topological polar surface area (TPSA) is 121 Å². The molecule has 2 heterocycles. The Hall–Kier alpha value is -3.89. The third kappa shape index (κ3) is 4.54. The Labute approximate surface area is 215 Å². The lowest BCUT2D eigenvalue weighted by Gasteiger charge is -2.28. The van der Waals surface area contributed by atoms with E-state index in [0.29, 0.717) is 41.2 Å². The Bertz CT molecular complexity index is 1530. The van der Waals surface area contributed by atoms with Gasteiger partial charge >= 0.3 is 10.1 Å². The average molecular weight is 522 g/mol. The summed E-state index contributed by atoms with van der Waals surface area (Å²) in [6, 6.07) is 18.1. The molecule has 1 unspecified atom stereocenters. The molecule has 2 N–H and O–H groups in total. The number of ether oxygens (including phenoxy) is 2. The monoisotopic (exact) mass is 521 g/mol. The molecule has 1 amide bonds. The number of fused-ring (bicyclic) bond motifs is 1. The van der Waals surface area contributed by atoms with Gasteiger partial charge in [0, 0.05) is 13.1 Å². The molecule has 3 aromatic carbocycles. The number of hydrogen-bond donors (Lipinski definition) is 1. The van der Waals surface area contributed by atoms with Crippen molar-refractivity contribution in [3.05, 3.63) is 82.9 Å². The van der Waals surface area contributed by atoms with Gasteiger partial charge in [0.2, 0.25) is 0 Å². The first-order chi connectivity index (χ1) is 17.6. The van der Waals surface area contributed by atoms with Gasteiger partial charge in [-0.05, 0) is 64.1 Å². The Morgan fingerprint density at radius 3 is 2.46 bits per heavy atom. The van der Waals surface area contributed by atoms with Crippen LogP contribution in [0.2, 0.25) is 0 Å². The molecule has 37 heavy (non-hydrogen) atoms. The summed E-state index contributed by atoms with van der Waals surface area (Å²) in [6.07, 6.45) is 1.79.